The molecule has 98 valence electrons. The monoisotopic (exact) mass is 350 g/mol. The molecule has 0 saturated carbocycles. The molecule has 1 atom stereocenters. The summed E-state index contributed by atoms with van der Waals surface area (Å²) in [6.45, 7) is 0. The van der Waals surface area contributed by atoms with E-state index in [1.807, 2.05) is 11.8 Å². The predicted octanol–water partition coefficient (Wildman–Crippen LogP) is 5.56. The van der Waals surface area contributed by atoms with Crippen molar-refractivity contribution in [3.8, 4) is 0 Å². The summed E-state index contributed by atoms with van der Waals surface area (Å²) >= 11 is 7.51. The molecule has 3 heteroatoms. The zero-order chi connectivity index (χ0) is 13.1. The number of halogens is 1. The maximum atomic E-state index is 3.54. The third kappa shape index (κ3) is 3.04. The molecular weight excluding hydrogens is 336 g/mol. The first-order valence-corrected chi connectivity index (χ1v) is 9.39. The zero-order valence-electron chi connectivity index (χ0n) is 10.5. The van der Waals surface area contributed by atoms with Gasteiger partial charge >= 0.3 is 0 Å². The zero-order valence-corrected chi connectivity index (χ0v) is 13.7. The van der Waals surface area contributed by atoms with Crippen molar-refractivity contribution < 1.29 is 0 Å². The molecule has 0 unspecified atom stereocenters. The highest BCUT2D eigenvalue weighted by Gasteiger charge is 2.22. The second-order valence-corrected chi connectivity index (χ2v) is 7.69. The van der Waals surface area contributed by atoms with Gasteiger partial charge in [-0.15, -0.1) is 0 Å². The van der Waals surface area contributed by atoms with Crippen molar-refractivity contribution in [2.45, 2.75) is 21.5 Å². The molecule has 0 N–H and O–H groups in total. The number of alkyl halides is 1. The van der Waals surface area contributed by atoms with Gasteiger partial charge < -0.3 is 0 Å². The molecule has 0 aliphatic carbocycles. The van der Waals surface area contributed by atoms with E-state index < -0.39 is 0 Å². The van der Waals surface area contributed by atoms with Crippen molar-refractivity contribution in [2.24, 2.45) is 0 Å². The number of rotatable bonds is 3. The smallest absolute Gasteiger partial charge is 0.0349 e. The summed E-state index contributed by atoms with van der Waals surface area (Å²) in [5, 5.41) is 1.63. The normalized spacial score (nSPS) is 17.4. The van der Waals surface area contributed by atoms with E-state index in [4.69, 9.17) is 0 Å². The fraction of sp³-hybridized carbons (Fsp3) is 0.250. The van der Waals surface area contributed by atoms with Gasteiger partial charge in [-0.25, -0.2) is 0 Å². The van der Waals surface area contributed by atoms with E-state index in [9.17, 15) is 0 Å². The SMILES string of the molecule is BrCCS[C@H]1Cc2ccccc2Sc2ccccc21. The van der Waals surface area contributed by atoms with Crippen molar-refractivity contribution in [1.29, 1.82) is 0 Å². The largest absolute Gasteiger partial charge is 0.153 e. The second kappa shape index (κ2) is 6.38. The van der Waals surface area contributed by atoms with Gasteiger partial charge in [0.05, 0.1) is 0 Å². The highest BCUT2D eigenvalue weighted by molar-refractivity contribution is 9.09. The van der Waals surface area contributed by atoms with Crippen LogP contribution in [0.3, 0.4) is 0 Å². The van der Waals surface area contributed by atoms with Gasteiger partial charge in [-0.2, -0.15) is 11.8 Å². The Kier molecular flexibility index (Phi) is 4.57. The lowest BCUT2D eigenvalue weighted by atomic mass is 10.0. The predicted molar refractivity (Wildman–Crippen MR) is 89.7 cm³/mol. The summed E-state index contributed by atoms with van der Waals surface area (Å²) in [6, 6.07) is 17.7. The van der Waals surface area contributed by atoms with Gasteiger partial charge in [-0.05, 0) is 29.7 Å². The summed E-state index contributed by atoms with van der Waals surface area (Å²) in [4.78, 5) is 2.83. The van der Waals surface area contributed by atoms with E-state index in [1.54, 1.807) is 0 Å². The van der Waals surface area contributed by atoms with Crippen LogP contribution in [0.2, 0.25) is 0 Å². The van der Waals surface area contributed by atoms with Crippen molar-refractivity contribution in [1.82, 2.24) is 0 Å². The van der Waals surface area contributed by atoms with Gasteiger partial charge in [0, 0.05) is 26.1 Å². The van der Waals surface area contributed by atoms with E-state index >= 15 is 0 Å². The van der Waals surface area contributed by atoms with Gasteiger partial charge in [0.15, 0.2) is 0 Å². The lowest BCUT2D eigenvalue weighted by molar-refractivity contribution is 0.902. The molecule has 0 amide bonds. The second-order valence-electron chi connectivity index (χ2n) is 4.50. The van der Waals surface area contributed by atoms with Crippen LogP contribution in [0.1, 0.15) is 16.4 Å². The van der Waals surface area contributed by atoms with Crippen LogP contribution in [0.4, 0.5) is 0 Å². The van der Waals surface area contributed by atoms with Crippen molar-refractivity contribution in [2.75, 3.05) is 11.1 Å². The lowest BCUT2D eigenvalue weighted by Crippen LogP contribution is -2.00. The van der Waals surface area contributed by atoms with Crippen LogP contribution in [0.25, 0.3) is 0 Å². The highest BCUT2D eigenvalue weighted by Crippen LogP contribution is 2.45. The first kappa shape index (κ1) is 13.6. The Morgan fingerprint density at radius 2 is 1.79 bits per heavy atom. The Morgan fingerprint density at radius 3 is 2.63 bits per heavy atom. The molecule has 1 aliphatic rings. The summed E-state index contributed by atoms with van der Waals surface area (Å²) in [6.07, 6.45) is 1.14. The molecule has 0 spiro atoms. The average Bonchev–Trinajstić information content (AvgIpc) is 2.61. The van der Waals surface area contributed by atoms with Crippen LogP contribution in [0.15, 0.2) is 58.3 Å². The van der Waals surface area contributed by atoms with Gasteiger partial charge in [0.1, 0.15) is 0 Å². The third-order valence-electron chi connectivity index (χ3n) is 3.26. The van der Waals surface area contributed by atoms with Crippen LogP contribution >= 0.6 is 39.5 Å². The third-order valence-corrected chi connectivity index (χ3v) is 6.65. The summed E-state index contributed by atoms with van der Waals surface area (Å²) in [7, 11) is 0. The Morgan fingerprint density at radius 1 is 1.05 bits per heavy atom. The fourth-order valence-electron chi connectivity index (χ4n) is 2.38. The lowest BCUT2D eigenvalue weighted by Gasteiger charge is -2.16. The van der Waals surface area contributed by atoms with E-state index in [-0.39, 0.29) is 0 Å². The first-order chi connectivity index (χ1) is 9.38. The van der Waals surface area contributed by atoms with E-state index in [0.29, 0.717) is 5.25 Å². The molecule has 0 aromatic heterocycles. The van der Waals surface area contributed by atoms with Gasteiger partial charge in [0.2, 0.25) is 0 Å². The minimum Gasteiger partial charge on any atom is -0.153 e. The fourth-order valence-corrected chi connectivity index (χ4v) is 5.21. The Hall–Kier alpha value is -0.380. The first-order valence-electron chi connectivity index (χ1n) is 6.41. The molecule has 0 nitrogen and oxygen atoms in total. The Labute approximate surface area is 131 Å². The quantitative estimate of drug-likeness (QED) is 0.664. The molecule has 1 aliphatic heterocycles. The van der Waals surface area contributed by atoms with Gasteiger partial charge in [0.25, 0.3) is 0 Å². The minimum absolute atomic E-state index is 0.574. The molecule has 0 radical (unpaired) electrons. The topological polar surface area (TPSA) is 0 Å². The summed E-state index contributed by atoms with van der Waals surface area (Å²) in [5.41, 5.74) is 2.98. The van der Waals surface area contributed by atoms with Crippen molar-refractivity contribution in [3.63, 3.8) is 0 Å². The van der Waals surface area contributed by atoms with Gasteiger partial charge in [-0.3, -0.25) is 0 Å². The van der Waals surface area contributed by atoms with E-state index in [2.05, 4.69) is 76.2 Å². The number of hydrogen-bond acceptors (Lipinski definition) is 2. The van der Waals surface area contributed by atoms with Crippen LogP contribution in [-0.2, 0) is 6.42 Å². The maximum absolute atomic E-state index is 3.54. The molecule has 19 heavy (non-hydrogen) atoms. The van der Waals surface area contributed by atoms with Crippen LogP contribution in [0, 0.1) is 0 Å². The van der Waals surface area contributed by atoms with Crippen LogP contribution in [-0.4, -0.2) is 11.1 Å². The number of fused-ring (bicyclic) bond motifs is 2. The Bertz CT molecular complexity index is 568. The van der Waals surface area contributed by atoms with E-state index in [0.717, 1.165) is 17.5 Å². The number of benzene rings is 2. The van der Waals surface area contributed by atoms with Gasteiger partial charge in [-0.1, -0.05) is 64.1 Å². The van der Waals surface area contributed by atoms with Crippen LogP contribution in [0.5, 0.6) is 0 Å². The minimum atomic E-state index is 0.574. The molecule has 2 aromatic rings. The average molecular weight is 351 g/mol. The van der Waals surface area contributed by atoms with Crippen molar-refractivity contribution in [3.05, 3.63) is 59.7 Å². The highest BCUT2D eigenvalue weighted by atomic mass is 79.9. The molecule has 0 fully saturated rings. The molecule has 2 aromatic carbocycles. The van der Waals surface area contributed by atoms with Crippen molar-refractivity contribution >= 4 is 39.5 Å². The standard InChI is InChI=1S/C16H15BrS2/c17-9-10-18-16-11-12-5-1-3-7-14(12)19-15-8-4-2-6-13(15)16/h1-8,16H,9-11H2/t16-/m0/s1. The molecule has 1 heterocycles. The molecular formula is C16H15BrS2. The molecule has 0 saturated heterocycles. The number of hydrogen-bond donors (Lipinski definition) is 0. The molecule has 3 rings (SSSR count). The maximum Gasteiger partial charge on any atom is 0.0349 e. The Balaban J connectivity index is 2.01. The van der Waals surface area contributed by atoms with Crippen LogP contribution < -0.4 is 0 Å². The number of thioether (sulfide) groups is 1. The summed E-state index contributed by atoms with van der Waals surface area (Å²) < 4.78 is 0. The van der Waals surface area contributed by atoms with E-state index in [1.165, 1.54) is 20.9 Å². The molecule has 0 bridgehead atoms. The summed E-state index contributed by atoms with van der Waals surface area (Å²) in [5.74, 6) is 1.16.